The van der Waals surface area contributed by atoms with Gasteiger partial charge in [-0.1, -0.05) is 17.7 Å². The number of ether oxygens (including phenoxy) is 1. The lowest BCUT2D eigenvalue weighted by Crippen LogP contribution is -2.50. The Morgan fingerprint density at radius 3 is 2.71 bits per heavy atom. The van der Waals surface area contributed by atoms with Crippen molar-refractivity contribution in [2.45, 2.75) is 51.2 Å². The minimum atomic E-state index is -3.60. The molecule has 1 amide bonds. The third-order valence-electron chi connectivity index (χ3n) is 4.18. The van der Waals surface area contributed by atoms with Crippen LogP contribution in [0.5, 0.6) is 0 Å². The van der Waals surface area contributed by atoms with Crippen LogP contribution < -0.4 is 4.72 Å². The Balaban J connectivity index is 1.94. The molecule has 0 radical (unpaired) electrons. The lowest BCUT2D eigenvalue weighted by atomic mass is 10.2. The fourth-order valence-electron chi connectivity index (χ4n) is 2.87. The number of benzene rings is 1. The number of hydrogen-bond acceptors (Lipinski definition) is 4. The SMILES string of the molecule is Cc1ccc(S(=O)(=O)NCCC(=O)N2CC(C)OCC2C)c(C)c1. The smallest absolute Gasteiger partial charge is 0.240 e. The number of nitrogens with one attached hydrogen (secondary N) is 1. The molecule has 2 unspecified atom stereocenters. The molecular formula is C17H26N2O4S. The zero-order valence-corrected chi connectivity index (χ0v) is 15.5. The first-order chi connectivity index (χ1) is 11.2. The highest BCUT2D eigenvalue weighted by Gasteiger charge is 2.27. The molecule has 0 bridgehead atoms. The van der Waals surface area contributed by atoms with Gasteiger partial charge in [0.15, 0.2) is 0 Å². The number of aryl methyl sites for hydroxylation is 2. The van der Waals surface area contributed by atoms with E-state index in [-0.39, 0.29) is 35.9 Å². The van der Waals surface area contributed by atoms with Crippen molar-refractivity contribution in [3.05, 3.63) is 29.3 Å². The third-order valence-corrected chi connectivity index (χ3v) is 5.80. The summed E-state index contributed by atoms with van der Waals surface area (Å²) >= 11 is 0. The van der Waals surface area contributed by atoms with Gasteiger partial charge in [0, 0.05) is 19.5 Å². The number of rotatable bonds is 5. The van der Waals surface area contributed by atoms with Gasteiger partial charge in [0.1, 0.15) is 0 Å². The number of carbonyl (C=O) groups excluding carboxylic acids is 1. The molecule has 1 aliphatic heterocycles. The van der Waals surface area contributed by atoms with Gasteiger partial charge in [-0.2, -0.15) is 0 Å². The highest BCUT2D eigenvalue weighted by molar-refractivity contribution is 7.89. The van der Waals surface area contributed by atoms with Crippen LogP contribution in [0, 0.1) is 13.8 Å². The number of morpholine rings is 1. The van der Waals surface area contributed by atoms with Gasteiger partial charge < -0.3 is 9.64 Å². The second-order valence-corrected chi connectivity index (χ2v) is 8.19. The van der Waals surface area contributed by atoms with E-state index in [1.165, 1.54) is 0 Å². The number of carbonyl (C=O) groups is 1. The predicted molar refractivity (Wildman–Crippen MR) is 92.3 cm³/mol. The standard InChI is InChI=1S/C17H26N2O4S/c1-12-5-6-16(13(2)9-12)24(21,22)18-8-7-17(20)19-10-15(4)23-11-14(19)3/h5-6,9,14-15,18H,7-8,10-11H2,1-4H3. The van der Waals surface area contributed by atoms with E-state index in [1.54, 1.807) is 24.0 Å². The van der Waals surface area contributed by atoms with Crippen molar-refractivity contribution in [2.75, 3.05) is 19.7 Å². The summed E-state index contributed by atoms with van der Waals surface area (Å²) in [6.45, 7) is 8.69. The van der Waals surface area contributed by atoms with Crippen molar-refractivity contribution in [3.63, 3.8) is 0 Å². The van der Waals surface area contributed by atoms with Crippen LogP contribution in [0.3, 0.4) is 0 Å². The zero-order chi connectivity index (χ0) is 17.9. The molecular weight excluding hydrogens is 328 g/mol. The molecule has 2 rings (SSSR count). The van der Waals surface area contributed by atoms with Gasteiger partial charge in [-0.25, -0.2) is 13.1 Å². The van der Waals surface area contributed by atoms with E-state index in [4.69, 9.17) is 4.74 Å². The lowest BCUT2D eigenvalue weighted by molar-refractivity contribution is -0.143. The molecule has 2 atom stereocenters. The minimum Gasteiger partial charge on any atom is -0.375 e. The summed E-state index contributed by atoms with van der Waals surface area (Å²) < 4.78 is 32.8. The quantitative estimate of drug-likeness (QED) is 0.872. The van der Waals surface area contributed by atoms with E-state index in [0.717, 1.165) is 5.56 Å². The van der Waals surface area contributed by atoms with Crippen molar-refractivity contribution < 1.29 is 17.9 Å². The molecule has 1 N–H and O–H groups in total. The first kappa shape index (κ1) is 18.9. The monoisotopic (exact) mass is 354 g/mol. The predicted octanol–water partition coefficient (Wildman–Crippen LogP) is 1.61. The Hall–Kier alpha value is -1.44. The Bertz CT molecular complexity index is 703. The first-order valence-corrected chi connectivity index (χ1v) is 9.67. The van der Waals surface area contributed by atoms with Gasteiger partial charge >= 0.3 is 0 Å². The molecule has 0 spiro atoms. The number of sulfonamides is 1. The van der Waals surface area contributed by atoms with Crippen LogP contribution in [0.25, 0.3) is 0 Å². The Labute approximate surface area is 144 Å². The Morgan fingerprint density at radius 2 is 2.04 bits per heavy atom. The van der Waals surface area contributed by atoms with Crippen LogP contribution in [-0.2, 0) is 19.6 Å². The molecule has 7 heteroatoms. The van der Waals surface area contributed by atoms with Gasteiger partial charge in [0.05, 0.1) is 23.6 Å². The topological polar surface area (TPSA) is 75.7 Å². The summed E-state index contributed by atoms with van der Waals surface area (Å²) in [5, 5.41) is 0. The molecule has 1 fully saturated rings. The third kappa shape index (κ3) is 4.55. The molecule has 1 aromatic carbocycles. The molecule has 0 aromatic heterocycles. The fourth-order valence-corrected chi connectivity index (χ4v) is 4.12. The van der Waals surface area contributed by atoms with Gasteiger partial charge in [-0.05, 0) is 39.3 Å². The van der Waals surface area contributed by atoms with Crippen molar-refractivity contribution in [3.8, 4) is 0 Å². The summed E-state index contributed by atoms with van der Waals surface area (Å²) in [5.41, 5.74) is 1.71. The van der Waals surface area contributed by atoms with Gasteiger partial charge in [-0.15, -0.1) is 0 Å². The maximum atomic E-state index is 12.4. The summed E-state index contributed by atoms with van der Waals surface area (Å²) in [7, 11) is -3.60. The van der Waals surface area contributed by atoms with Gasteiger partial charge in [0.25, 0.3) is 0 Å². The largest absolute Gasteiger partial charge is 0.375 e. The molecule has 134 valence electrons. The van der Waals surface area contributed by atoms with Crippen molar-refractivity contribution >= 4 is 15.9 Å². The Kier molecular flexibility index (Phi) is 6.01. The summed E-state index contributed by atoms with van der Waals surface area (Å²) in [6, 6.07) is 5.21. The van der Waals surface area contributed by atoms with E-state index < -0.39 is 10.0 Å². The second kappa shape index (κ2) is 7.63. The molecule has 1 saturated heterocycles. The van der Waals surface area contributed by atoms with E-state index >= 15 is 0 Å². The zero-order valence-electron chi connectivity index (χ0n) is 14.7. The Morgan fingerprint density at radius 1 is 1.33 bits per heavy atom. The summed E-state index contributed by atoms with van der Waals surface area (Å²) in [6.07, 6.45) is 0.151. The highest BCUT2D eigenvalue weighted by atomic mass is 32.2. The number of nitrogens with zero attached hydrogens (tertiary/aromatic N) is 1. The highest BCUT2D eigenvalue weighted by Crippen LogP contribution is 2.16. The van der Waals surface area contributed by atoms with E-state index in [2.05, 4.69) is 4.72 Å². The van der Waals surface area contributed by atoms with Crippen LogP contribution in [0.1, 0.15) is 31.4 Å². The van der Waals surface area contributed by atoms with E-state index in [1.807, 2.05) is 26.8 Å². The molecule has 0 saturated carbocycles. The fraction of sp³-hybridized carbons (Fsp3) is 0.588. The van der Waals surface area contributed by atoms with Crippen molar-refractivity contribution in [1.29, 1.82) is 0 Å². The normalized spacial score (nSPS) is 21.8. The number of amides is 1. The van der Waals surface area contributed by atoms with E-state index in [0.29, 0.717) is 18.7 Å². The minimum absolute atomic E-state index is 0.0112. The van der Waals surface area contributed by atoms with Gasteiger partial charge in [-0.3, -0.25) is 4.79 Å². The molecule has 1 heterocycles. The number of hydrogen-bond donors (Lipinski definition) is 1. The van der Waals surface area contributed by atoms with Crippen molar-refractivity contribution in [1.82, 2.24) is 9.62 Å². The lowest BCUT2D eigenvalue weighted by Gasteiger charge is -2.36. The summed E-state index contributed by atoms with van der Waals surface area (Å²) in [5.74, 6) is -0.0546. The van der Waals surface area contributed by atoms with Crippen molar-refractivity contribution in [2.24, 2.45) is 0 Å². The average molecular weight is 354 g/mol. The molecule has 1 aliphatic rings. The summed E-state index contributed by atoms with van der Waals surface area (Å²) in [4.78, 5) is 14.3. The molecule has 24 heavy (non-hydrogen) atoms. The maximum Gasteiger partial charge on any atom is 0.240 e. The molecule has 0 aliphatic carbocycles. The van der Waals surface area contributed by atoms with Crippen LogP contribution >= 0.6 is 0 Å². The van der Waals surface area contributed by atoms with Crippen LogP contribution in [-0.4, -0.2) is 51.1 Å². The van der Waals surface area contributed by atoms with Crippen LogP contribution in [0.4, 0.5) is 0 Å². The first-order valence-electron chi connectivity index (χ1n) is 8.18. The maximum absolute atomic E-state index is 12.4. The van der Waals surface area contributed by atoms with Crippen LogP contribution in [0.15, 0.2) is 23.1 Å². The van der Waals surface area contributed by atoms with Crippen LogP contribution in [0.2, 0.25) is 0 Å². The average Bonchev–Trinajstić information content (AvgIpc) is 2.49. The van der Waals surface area contributed by atoms with E-state index in [9.17, 15) is 13.2 Å². The van der Waals surface area contributed by atoms with Gasteiger partial charge in [0.2, 0.25) is 15.9 Å². The second-order valence-electron chi connectivity index (χ2n) is 6.46. The molecule has 6 nitrogen and oxygen atoms in total. The molecule has 1 aromatic rings.